The second-order valence-electron chi connectivity index (χ2n) is 5.16. The molecule has 1 amide bonds. The molecule has 0 aliphatic rings. The van der Waals surface area contributed by atoms with E-state index in [1.165, 1.54) is 12.1 Å². The number of rotatable bonds is 8. The van der Waals surface area contributed by atoms with E-state index in [1.807, 2.05) is 24.9 Å². The highest BCUT2D eigenvalue weighted by Gasteiger charge is 2.19. The number of halogens is 2. The lowest BCUT2D eigenvalue weighted by atomic mass is 10.1. The van der Waals surface area contributed by atoms with Gasteiger partial charge in [0.1, 0.15) is 5.82 Å². The zero-order chi connectivity index (χ0) is 15.0. The van der Waals surface area contributed by atoms with Crippen molar-refractivity contribution in [3.8, 4) is 0 Å². The first-order valence-corrected chi connectivity index (χ1v) is 7.26. The molecule has 0 aliphatic heterocycles. The van der Waals surface area contributed by atoms with Crippen LogP contribution in [0.1, 0.15) is 25.8 Å². The number of carbonyl (C=O) groups excluding carboxylic acids is 1. The molecule has 0 spiro atoms. The van der Waals surface area contributed by atoms with E-state index in [9.17, 15) is 9.18 Å². The standard InChI is InChI=1S/C16H25FN2O.ClH/c1-4-9-19(16(20)13(2)12-18-3)10-8-14-6-5-7-15(17)11-14;/h5-7,11,13,18H,4,8-10,12H2,1-3H3;1H. The van der Waals surface area contributed by atoms with Crippen molar-refractivity contribution in [3.05, 3.63) is 35.6 Å². The molecule has 21 heavy (non-hydrogen) atoms. The molecule has 1 aromatic rings. The van der Waals surface area contributed by atoms with Gasteiger partial charge in [-0.05, 0) is 37.6 Å². The number of benzene rings is 1. The fourth-order valence-corrected chi connectivity index (χ4v) is 2.26. The average Bonchev–Trinajstić information content (AvgIpc) is 2.43. The van der Waals surface area contributed by atoms with Gasteiger partial charge in [0.2, 0.25) is 5.91 Å². The Morgan fingerprint density at radius 1 is 1.38 bits per heavy atom. The van der Waals surface area contributed by atoms with Crippen LogP contribution in [0.4, 0.5) is 4.39 Å². The maximum atomic E-state index is 13.1. The molecule has 1 rings (SSSR count). The highest BCUT2D eigenvalue weighted by molar-refractivity contribution is 5.85. The first kappa shape index (κ1) is 19.9. The number of nitrogens with one attached hydrogen (secondary N) is 1. The first-order valence-electron chi connectivity index (χ1n) is 7.26. The minimum atomic E-state index is -0.223. The van der Waals surface area contributed by atoms with Crippen molar-refractivity contribution in [2.45, 2.75) is 26.7 Å². The average molecular weight is 317 g/mol. The maximum absolute atomic E-state index is 13.1. The van der Waals surface area contributed by atoms with Gasteiger partial charge in [0.05, 0.1) is 0 Å². The van der Waals surface area contributed by atoms with E-state index < -0.39 is 0 Å². The van der Waals surface area contributed by atoms with Crippen molar-refractivity contribution in [1.29, 1.82) is 0 Å². The van der Waals surface area contributed by atoms with Crippen molar-refractivity contribution >= 4 is 18.3 Å². The Morgan fingerprint density at radius 2 is 2.10 bits per heavy atom. The Morgan fingerprint density at radius 3 is 2.67 bits per heavy atom. The van der Waals surface area contributed by atoms with Crippen molar-refractivity contribution in [3.63, 3.8) is 0 Å². The summed E-state index contributed by atoms with van der Waals surface area (Å²) in [6.45, 7) is 6.07. The lowest BCUT2D eigenvalue weighted by Crippen LogP contribution is -2.40. The summed E-state index contributed by atoms with van der Waals surface area (Å²) in [6.07, 6.45) is 1.62. The summed E-state index contributed by atoms with van der Waals surface area (Å²) in [6, 6.07) is 6.58. The van der Waals surface area contributed by atoms with Crippen LogP contribution >= 0.6 is 12.4 Å². The van der Waals surface area contributed by atoms with Gasteiger partial charge in [-0.1, -0.05) is 26.0 Å². The summed E-state index contributed by atoms with van der Waals surface area (Å²) in [4.78, 5) is 14.2. The molecule has 0 aliphatic carbocycles. The molecule has 0 fully saturated rings. The third kappa shape index (κ3) is 6.91. The predicted molar refractivity (Wildman–Crippen MR) is 87.3 cm³/mol. The largest absolute Gasteiger partial charge is 0.342 e. The number of hydrogen-bond acceptors (Lipinski definition) is 2. The molecule has 1 unspecified atom stereocenters. The summed E-state index contributed by atoms with van der Waals surface area (Å²) >= 11 is 0. The van der Waals surface area contributed by atoms with Crippen LogP contribution in [-0.2, 0) is 11.2 Å². The van der Waals surface area contributed by atoms with Crippen LogP contribution in [0.3, 0.4) is 0 Å². The van der Waals surface area contributed by atoms with Crippen molar-refractivity contribution in [2.24, 2.45) is 5.92 Å². The molecule has 0 aromatic heterocycles. The van der Waals surface area contributed by atoms with Gasteiger partial charge in [0.25, 0.3) is 0 Å². The predicted octanol–water partition coefficient (Wildman–Crippen LogP) is 2.88. The summed E-state index contributed by atoms with van der Waals surface area (Å²) in [7, 11) is 1.85. The Kier molecular flexibility index (Phi) is 10.0. The monoisotopic (exact) mass is 316 g/mol. The van der Waals surface area contributed by atoms with Crippen LogP contribution in [0.25, 0.3) is 0 Å². The highest BCUT2D eigenvalue weighted by atomic mass is 35.5. The minimum Gasteiger partial charge on any atom is -0.342 e. The third-order valence-electron chi connectivity index (χ3n) is 3.30. The van der Waals surface area contributed by atoms with Crippen LogP contribution < -0.4 is 5.32 Å². The third-order valence-corrected chi connectivity index (χ3v) is 3.30. The molecule has 3 nitrogen and oxygen atoms in total. The molecule has 1 aromatic carbocycles. The van der Waals surface area contributed by atoms with E-state index in [4.69, 9.17) is 0 Å². The fourth-order valence-electron chi connectivity index (χ4n) is 2.26. The summed E-state index contributed by atoms with van der Waals surface area (Å²) in [5, 5.41) is 3.03. The van der Waals surface area contributed by atoms with E-state index in [0.717, 1.165) is 18.5 Å². The number of hydrogen-bond donors (Lipinski definition) is 1. The SMILES string of the molecule is CCCN(CCc1cccc(F)c1)C(=O)C(C)CNC.Cl. The minimum absolute atomic E-state index is 0. The summed E-state index contributed by atoms with van der Waals surface area (Å²) in [5.74, 6) is -0.0870. The highest BCUT2D eigenvalue weighted by Crippen LogP contribution is 2.08. The van der Waals surface area contributed by atoms with Crippen LogP contribution in [0.2, 0.25) is 0 Å². The Hall–Kier alpha value is -1.13. The lowest BCUT2D eigenvalue weighted by molar-refractivity contribution is -0.134. The normalized spacial score (nSPS) is 11.6. The van der Waals surface area contributed by atoms with Gasteiger partial charge in [0, 0.05) is 25.6 Å². The van der Waals surface area contributed by atoms with Crippen LogP contribution in [-0.4, -0.2) is 37.5 Å². The maximum Gasteiger partial charge on any atom is 0.226 e. The van der Waals surface area contributed by atoms with Gasteiger partial charge < -0.3 is 10.2 Å². The van der Waals surface area contributed by atoms with E-state index in [-0.39, 0.29) is 30.0 Å². The van der Waals surface area contributed by atoms with Gasteiger partial charge in [0.15, 0.2) is 0 Å². The summed E-state index contributed by atoms with van der Waals surface area (Å²) in [5.41, 5.74) is 0.931. The molecule has 0 heterocycles. The molecule has 1 atom stereocenters. The van der Waals surface area contributed by atoms with E-state index in [0.29, 0.717) is 19.5 Å². The summed E-state index contributed by atoms with van der Waals surface area (Å²) < 4.78 is 13.1. The molecular weight excluding hydrogens is 291 g/mol. The lowest BCUT2D eigenvalue weighted by Gasteiger charge is -2.25. The molecule has 0 saturated carbocycles. The first-order chi connectivity index (χ1) is 9.58. The second kappa shape index (κ2) is 10.6. The number of carbonyl (C=O) groups is 1. The molecule has 5 heteroatoms. The Bertz CT molecular complexity index is 428. The quantitative estimate of drug-likeness (QED) is 0.800. The van der Waals surface area contributed by atoms with Gasteiger partial charge in [-0.2, -0.15) is 0 Å². The van der Waals surface area contributed by atoms with Gasteiger partial charge in [-0.15, -0.1) is 12.4 Å². The zero-order valence-corrected chi connectivity index (χ0v) is 13.9. The van der Waals surface area contributed by atoms with Crippen LogP contribution in [0.5, 0.6) is 0 Å². The van der Waals surface area contributed by atoms with E-state index >= 15 is 0 Å². The molecule has 0 radical (unpaired) electrons. The fraction of sp³-hybridized carbons (Fsp3) is 0.562. The van der Waals surface area contributed by atoms with Gasteiger partial charge in [-0.25, -0.2) is 4.39 Å². The molecule has 0 bridgehead atoms. The van der Waals surface area contributed by atoms with Crippen molar-refractivity contribution < 1.29 is 9.18 Å². The Labute approximate surface area is 133 Å². The molecule has 1 N–H and O–H groups in total. The smallest absolute Gasteiger partial charge is 0.226 e. The molecular formula is C16H26ClFN2O. The second-order valence-corrected chi connectivity index (χ2v) is 5.16. The number of amides is 1. The van der Waals surface area contributed by atoms with E-state index in [2.05, 4.69) is 12.2 Å². The topological polar surface area (TPSA) is 32.3 Å². The molecule has 120 valence electrons. The van der Waals surface area contributed by atoms with Crippen molar-refractivity contribution in [2.75, 3.05) is 26.7 Å². The van der Waals surface area contributed by atoms with Crippen molar-refractivity contribution in [1.82, 2.24) is 10.2 Å². The number of nitrogens with zero attached hydrogens (tertiary/aromatic N) is 1. The van der Waals surface area contributed by atoms with E-state index in [1.54, 1.807) is 6.07 Å². The zero-order valence-electron chi connectivity index (χ0n) is 13.1. The van der Waals surface area contributed by atoms with Gasteiger partial charge in [-0.3, -0.25) is 4.79 Å². The van der Waals surface area contributed by atoms with Crippen LogP contribution in [0, 0.1) is 11.7 Å². The Balaban J connectivity index is 0.00000400. The molecule has 0 saturated heterocycles. The van der Waals surface area contributed by atoms with Crippen LogP contribution in [0.15, 0.2) is 24.3 Å². The van der Waals surface area contributed by atoms with Gasteiger partial charge >= 0.3 is 0 Å².